The lowest BCUT2D eigenvalue weighted by Crippen LogP contribution is -2.55. The number of carbonyl (C=O) groups excluding carboxylic acids is 1. The summed E-state index contributed by atoms with van der Waals surface area (Å²) >= 11 is 0. The van der Waals surface area contributed by atoms with Crippen molar-refractivity contribution in [1.82, 2.24) is 0 Å². The molecular formula is C18H24O2. The summed E-state index contributed by atoms with van der Waals surface area (Å²) in [6.07, 6.45) is 7.62. The number of hydrogen-bond donors (Lipinski definition) is 1. The molecule has 1 spiro atoms. The van der Waals surface area contributed by atoms with Gasteiger partial charge in [0, 0.05) is 12.0 Å². The molecule has 2 bridgehead atoms. The van der Waals surface area contributed by atoms with Crippen molar-refractivity contribution in [1.29, 1.82) is 0 Å². The Hall–Kier alpha value is -0.890. The predicted molar refractivity (Wildman–Crippen MR) is 78.0 cm³/mol. The van der Waals surface area contributed by atoms with Crippen LogP contribution in [0, 0.1) is 34.5 Å². The first-order valence-corrected chi connectivity index (χ1v) is 7.98. The molecule has 2 nitrogen and oxygen atoms in total. The fourth-order valence-electron chi connectivity index (χ4n) is 6.43. The van der Waals surface area contributed by atoms with Gasteiger partial charge in [0.25, 0.3) is 0 Å². The Labute approximate surface area is 120 Å². The maximum Gasteiger partial charge on any atom is 0.166 e. The third-order valence-corrected chi connectivity index (χ3v) is 7.33. The largest absolute Gasteiger partial charge is 0.396 e. The number of aliphatic hydroxyl groups is 1. The number of fused-ring (bicyclic) bond motifs is 1. The molecule has 0 aromatic rings. The summed E-state index contributed by atoms with van der Waals surface area (Å²) in [6, 6.07) is 0. The van der Waals surface area contributed by atoms with Crippen molar-refractivity contribution in [2.45, 2.75) is 40.0 Å². The Morgan fingerprint density at radius 3 is 2.85 bits per heavy atom. The van der Waals surface area contributed by atoms with E-state index in [9.17, 15) is 9.90 Å². The van der Waals surface area contributed by atoms with Crippen molar-refractivity contribution >= 4 is 5.78 Å². The van der Waals surface area contributed by atoms with Crippen LogP contribution in [-0.4, -0.2) is 17.5 Å². The number of allylic oxidation sites excluding steroid dienone is 4. The van der Waals surface area contributed by atoms with Gasteiger partial charge in [0.15, 0.2) is 5.78 Å². The lowest BCUT2D eigenvalue weighted by Gasteiger charge is -2.58. The predicted octanol–water partition coefficient (Wildman–Crippen LogP) is 3.12. The first-order chi connectivity index (χ1) is 9.46. The molecule has 2 heteroatoms. The smallest absolute Gasteiger partial charge is 0.166 e. The molecule has 108 valence electrons. The van der Waals surface area contributed by atoms with Gasteiger partial charge in [-0.2, -0.15) is 0 Å². The molecule has 5 unspecified atom stereocenters. The second kappa shape index (κ2) is 3.65. The second-order valence-electron chi connectivity index (χ2n) is 7.89. The van der Waals surface area contributed by atoms with Crippen molar-refractivity contribution < 1.29 is 9.90 Å². The van der Waals surface area contributed by atoms with Crippen LogP contribution in [0.15, 0.2) is 23.3 Å². The van der Waals surface area contributed by atoms with Crippen LogP contribution in [0.4, 0.5) is 0 Å². The van der Waals surface area contributed by atoms with Crippen LogP contribution in [0.25, 0.3) is 0 Å². The number of ketones is 1. The molecule has 20 heavy (non-hydrogen) atoms. The van der Waals surface area contributed by atoms with Gasteiger partial charge in [0.1, 0.15) is 0 Å². The van der Waals surface area contributed by atoms with E-state index in [-0.39, 0.29) is 23.4 Å². The van der Waals surface area contributed by atoms with Crippen LogP contribution in [0.1, 0.15) is 40.0 Å². The van der Waals surface area contributed by atoms with Crippen LogP contribution >= 0.6 is 0 Å². The van der Waals surface area contributed by atoms with Gasteiger partial charge >= 0.3 is 0 Å². The molecule has 4 rings (SSSR count). The number of rotatable bonds is 1. The van der Waals surface area contributed by atoms with Gasteiger partial charge in [0.2, 0.25) is 0 Å². The zero-order valence-corrected chi connectivity index (χ0v) is 12.6. The average molecular weight is 272 g/mol. The minimum atomic E-state index is 0.0131. The highest BCUT2D eigenvalue weighted by molar-refractivity contribution is 6.03. The highest BCUT2D eigenvalue weighted by Gasteiger charge is 2.72. The molecule has 4 aliphatic rings. The molecule has 0 heterocycles. The second-order valence-corrected chi connectivity index (χ2v) is 7.89. The van der Waals surface area contributed by atoms with E-state index in [1.165, 1.54) is 5.57 Å². The SMILES string of the molecule is CC1=C2CC3CC(CO)C4CC=CC(C1=O)C24C3(C)C. The summed E-state index contributed by atoms with van der Waals surface area (Å²) in [5.74, 6) is 1.85. The molecule has 4 aliphatic carbocycles. The van der Waals surface area contributed by atoms with E-state index in [1.54, 1.807) is 0 Å². The van der Waals surface area contributed by atoms with Gasteiger partial charge < -0.3 is 5.11 Å². The lowest BCUT2D eigenvalue weighted by atomic mass is 9.45. The van der Waals surface area contributed by atoms with E-state index in [4.69, 9.17) is 0 Å². The highest BCUT2D eigenvalue weighted by atomic mass is 16.3. The monoisotopic (exact) mass is 272 g/mol. The Morgan fingerprint density at radius 2 is 2.15 bits per heavy atom. The number of carbonyl (C=O) groups is 1. The van der Waals surface area contributed by atoms with E-state index in [1.807, 2.05) is 6.92 Å². The standard InChI is InChI=1S/C18H24O2/c1-10-15-8-12-7-11(9-19)13-5-4-6-14(16(10)20)18(13,15)17(12,2)3/h4,6,11-14,19H,5,7-9H2,1-3H3. The Morgan fingerprint density at radius 1 is 1.40 bits per heavy atom. The summed E-state index contributed by atoms with van der Waals surface area (Å²) in [6.45, 7) is 7.08. The Kier molecular flexibility index (Phi) is 2.34. The van der Waals surface area contributed by atoms with E-state index in [0.29, 0.717) is 23.5 Å². The summed E-state index contributed by atoms with van der Waals surface area (Å²) in [7, 11) is 0. The fourth-order valence-corrected chi connectivity index (χ4v) is 6.43. The van der Waals surface area contributed by atoms with Crippen LogP contribution in [0.2, 0.25) is 0 Å². The van der Waals surface area contributed by atoms with Crippen molar-refractivity contribution in [2.75, 3.05) is 6.61 Å². The molecule has 2 saturated carbocycles. The van der Waals surface area contributed by atoms with Gasteiger partial charge in [-0.25, -0.2) is 0 Å². The maximum atomic E-state index is 12.7. The van der Waals surface area contributed by atoms with Crippen LogP contribution in [0.5, 0.6) is 0 Å². The molecule has 0 aromatic heterocycles. The van der Waals surface area contributed by atoms with Crippen molar-refractivity contribution in [3.63, 3.8) is 0 Å². The number of Topliss-reactive ketones (excluding diaryl/α,β-unsaturated/α-hetero) is 1. The zero-order chi connectivity index (χ0) is 14.3. The first kappa shape index (κ1) is 12.8. The quantitative estimate of drug-likeness (QED) is 0.745. The molecule has 0 aromatic carbocycles. The Balaban J connectivity index is 2.02. The van der Waals surface area contributed by atoms with E-state index in [2.05, 4.69) is 26.0 Å². The molecule has 0 saturated heterocycles. The van der Waals surface area contributed by atoms with E-state index < -0.39 is 0 Å². The van der Waals surface area contributed by atoms with Crippen molar-refractivity contribution in [3.8, 4) is 0 Å². The third-order valence-electron chi connectivity index (χ3n) is 7.33. The average Bonchev–Trinajstić information content (AvgIpc) is 2.70. The van der Waals surface area contributed by atoms with Gasteiger partial charge in [-0.3, -0.25) is 4.79 Å². The summed E-state index contributed by atoms with van der Waals surface area (Å²) in [5.41, 5.74) is 2.69. The minimum absolute atomic E-state index is 0.0131. The molecule has 0 amide bonds. The third kappa shape index (κ3) is 1.08. The minimum Gasteiger partial charge on any atom is -0.396 e. The maximum absolute atomic E-state index is 12.7. The summed E-state index contributed by atoms with van der Waals surface area (Å²) in [5, 5.41) is 9.86. The highest BCUT2D eigenvalue weighted by Crippen LogP contribution is 2.76. The lowest BCUT2D eigenvalue weighted by molar-refractivity contribution is -0.131. The fraction of sp³-hybridized carbons (Fsp3) is 0.722. The van der Waals surface area contributed by atoms with Crippen LogP contribution in [0.3, 0.4) is 0 Å². The first-order valence-electron chi connectivity index (χ1n) is 7.98. The van der Waals surface area contributed by atoms with Gasteiger partial charge in [-0.15, -0.1) is 0 Å². The number of aliphatic hydroxyl groups excluding tert-OH is 1. The van der Waals surface area contributed by atoms with Gasteiger partial charge in [-0.05, 0) is 54.9 Å². The van der Waals surface area contributed by atoms with Gasteiger partial charge in [0.05, 0.1) is 5.92 Å². The molecule has 2 fully saturated rings. The summed E-state index contributed by atoms with van der Waals surface area (Å²) in [4.78, 5) is 12.7. The van der Waals surface area contributed by atoms with E-state index >= 15 is 0 Å². The van der Waals surface area contributed by atoms with E-state index in [0.717, 1.165) is 24.8 Å². The molecule has 1 N–H and O–H groups in total. The summed E-state index contributed by atoms with van der Waals surface area (Å²) < 4.78 is 0. The van der Waals surface area contributed by atoms with Crippen LogP contribution < -0.4 is 0 Å². The molecule has 0 aliphatic heterocycles. The zero-order valence-electron chi connectivity index (χ0n) is 12.6. The Bertz CT molecular complexity index is 554. The number of hydrogen-bond acceptors (Lipinski definition) is 2. The van der Waals surface area contributed by atoms with Gasteiger partial charge in [-0.1, -0.05) is 31.6 Å². The topological polar surface area (TPSA) is 37.3 Å². The van der Waals surface area contributed by atoms with Crippen molar-refractivity contribution in [3.05, 3.63) is 23.3 Å². The molecule has 5 atom stereocenters. The van der Waals surface area contributed by atoms with Crippen molar-refractivity contribution in [2.24, 2.45) is 34.5 Å². The molecular weight excluding hydrogens is 248 g/mol. The molecule has 0 radical (unpaired) electrons. The normalized spacial score (nSPS) is 47.9. The van der Waals surface area contributed by atoms with Crippen LogP contribution in [-0.2, 0) is 4.79 Å².